The Kier molecular flexibility index (Phi) is 8.73. The zero-order valence-electron chi connectivity index (χ0n) is 17.4. The van der Waals surface area contributed by atoms with E-state index >= 15 is 0 Å². The first kappa shape index (κ1) is 23.1. The molecule has 4 rings (SSSR count). The Morgan fingerprint density at radius 2 is 1.55 bits per heavy atom. The molecule has 0 saturated carbocycles. The molecule has 3 aromatic rings. The summed E-state index contributed by atoms with van der Waals surface area (Å²) in [5.74, 6) is 1.37. The van der Waals surface area contributed by atoms with Gasteiger partial charge in [0.2, 0.25) is 0 Å². The summed E-state index contributed by atoms with van der Waals surface area (Å²) < 4.78 is 11.5. The number of rotatable bonds is 7. The molecule has 1 unspecified atom stereocenters. The van der Waals surface area contributed by atoms with Crippen LogP contribution >= 0.6 is 24.0 Å². The molecule has 1 aliphatic heterocycles. The van der Waals surface area contributed by atoms with Gasteiger partial charge in [-0.1, -0.05) is 72.8 Å². The number of nitrogens with two attached hydrogens (primary N) is 1. The number of nitrogens with one attached hydrogen (secondary N) is 1. The van der Waals surface area contributed by atoms with Gasteiger partial charge in [-0.25, -0.2) is 4.99 Å². The number of aliphatic imine (C=N–C) groups is 1. The van der Waals surface area contributed by atoms with Crippen molar-refractivity contribution in [3.05, 3.63) is 101 Å². The third-order valence-corrected chi connectivity index (χ3v) is 5.12. The van der Waals surface area contributed by atoms with Gasteiger partial charge in [-0.05, 0) is 22.8 Å². The molecule has 0 aromatic heterocycles. The summed E-state index contributed by atoms with van der Waals surface area (Å²) in [5, 5.41) is 3.33. The Bertz CT molecular complexity index is 978. The maximum Gasteiger partial charge on any atom is 0.189 e. The van der Waals surface area contributed by atoms with Crippen molar-refractivity contribution < 1.29 is 9.47 Å². The lowest BCUT2D eigenvalue weighted by atomic mass is 10.0. The molecule has 31 heavy (non-hydrogen) atoms. The molecule has 3 N–H and O–H groups in total. The SMILES string of the molecule is I.NC(=NCc1ccc(COCc2ccccc2)cc1)NC1CCOc2ccccc21. The Balaban J connectivity index is 0.00000272. The molecule has 162 valence electrons. The van der Waals surface area contributed by atoms with Gasteiger partial charge in [-0.2, -0.15) is 0 Å². The summed E-state index contributed by atoms with van der Waals surface area (Å²) in [6, 6.07) is 26.7. The smallest absolute Gasteiger partial charge is 0.189 e. The largest absolute Gasteiger partial charge is 0.493 e. The molecule has 0 saturated heterocycles. The Hall–Kier alpha value is -2.58. The fraction of sp³-hybridized carbons (Fsp3) is 0.240. The van der Waals surface area contributed by atoms with Crippen molar-refractivity contribution in [2.75, 3.05) is 6.61 Å². The van der Waals surface area contributed by atoms with E-state index in [1.54, 1.807) is 0 Å². The minimum atomic E-state index is 0. The van der Waals surface area contributed by atoms with E-state index in [4.69, 9.17) is 15.2 Å². The number of fused-ring (bicyclic) bond motifs is 1. The van der Waals surface area contributed by atoms with Crippen LogP contribution in [0.2, 0.25) is 0 Å². The van der Waals surface area contributed by atoms with E-state index in [9.17, 15) is 0 Å². The Morgan fingerprint density at radius 1 is 0.903 bits per heavy atom. The number of nitrogens with zero attached hydrogens (tertiary/aromatic N) is 1. The van der Waals surface area contributed by atoms with Crippen LogP contribution in [0.4, 0.5) is 0 Å². The van der Waals surface area contributed by atoms with E-state index in [2.05, 4.69) is 52.8 Å². The molecule has 1 heterocycles. The number of benzene rings is 3. The van der Waals surface area contributed by atoms with Gasteiger partial charge in [0.25, 0.3) is 0 Å². The minimum absolute atomic E-state index is 0. The van der Waals surface area contributed by atoms with Crippen molar-refractivity contribution >= 4 is 29.9 Å². The first-order chi connectivity index (χ1) is 14.8. The topological polar surface area (TPSA) is 68.9 Å². The lowest BCUT2D eigenvalue weighted by Gasteiger charge is -2.26. The number of para-hydroxylation sites is 1. The number of ether oxygens (including phenoxy) is 2. The third kappa shape index (κ3) is 6.70. The molecule has 0 amide bonds. The second-order valence-electron chi connectivity index (χ2n) is 7.37. The molecule has 6 heteroatoms. The molecule has 3 aromatic carbocycles. The first-order valence-electron chi connectivity index (χ1n) is 10.3. The molecule has 0 aliphatic carbocycles. The zero-order chi connectivity index (χ0) is 20.6. The van der Waals surface area contributed by atoms with Crippen molar-refractivity contribution in [3.8, 4) is 5.75 Å². The van der Waals surface area contributed by atoms with Crippen molar-refractivity contribution in [2.24, 2.45) is 10.7 Å². The zero-order valence-corrected chi connectivity index (χ0v) is 19.7. The maximum absolute atomic E-state index is 6.14. The van der Waals surface area contributed by atoms with Crippen LogP contribution < -0.4 is 15.8 Å². The standard InChI is InChI=1S/C25H27N3O2.HI/c26-25(28-23-14-15-30-24-9-5-4-8-22(23)24)27-16-19-10-12-21(13-11-19)18-29-17-20-6-2-1-3-7-20;/h1-13,23H,14-18H2,(H3,26,27,28);1H. The highest BCUT2D eigenvalue weighted by atomic mass is 127. The second-order valence-corrected chi connectivity index (χ2v) is 7.37. The number of hydrogen-bond donors (Lipinski definition) is 2. The van der Waals surface area contributed by atoms with Gasteiger partial charge in [0.15, 0.2) is 5.96 Å². The summed E-state index contributed by atoms with van der Waals surface area (Å²) in [6.07, 6.45) is 0.866. The highest BCUT2D eigenvalue weighted by molar-refractivity contribution is 14.0. The molecule has 1 atom stereocenters. The van der Waals surface area contributed by atoms with E-state index in [1.807, 2.05) is 36.4 Å². The number of guanidine groups is 1. The fourth-order valence-corrected chi connectivity index (χ4v) is 3.49. The van der Waals surface area contributed by atoms with E-state index in [1.165, 1.54) is 5.56 Å². The average molecular weight is 529 g/mol. The van der Waals surface area contributed by atoms with E-state index in [0.717, 1.165) is 28.9 Å². The van der Waals surface area contributed by atoms with Crippen LogP contribution in [0, 0.1) is 0 Å². The average Bonchev–Trinajstić information content (AvgIpc) is 2.79. The quantitative estimate of drug-likeness (QED) is 0.258. The highest BCUT2D eigenvalue weighted by Gasteiger charge is 2.21. The lowest BCUT2D eigenvalue weighted by molar-refractivity contribution is 0.107. The van der Waals surface area contributed by atoms with Gasteiger partial charge < -0.3 is 20.5 Å². The van der Waals surface area contributed by atoms with Gasteiger partial charge in [0.05, 0.1) is 32.4 Å². The summed E-state index contributed by atoms with van der Waals surface area (Å²) in [6.45, 7) is 2.42. The van der Waals surface area contributed by atoms with Gasteiger partial charge in [0.1, 0.15) is 5.75 Å². The fourth-order valence-electron chi connectivity index (χ4n) is 3.49. The van der Waals surface area contributed by atoms with Crippen LogP contribution in [0.5, 0.6) is 5.75 Å². The molecule has 1 aliphatic rings. The van der Waals surface area contributed by atoms with Crippen molar-refractivity contribution in [1.82, 2.24) is 5.32 Å². The minimum Gasteiger partial charge on any atom is -0.493 e. The third-order valence-electron chi connectivity index (χ3n) is 5.12. The summed E-state index contributed by atoms with van der Waals surface area (Å²) in [4.78, 5) is 4.50. The predicted octanol–water partition coefficient (Wildman–Crippen LogP) is 4.95. The van der Waals surface area contributed by atoms with Crippen LogP contribution in [0.3, 0.4) is 0 Å². The van der Waals surface area contributed by atoms with E-state index in [0.29, 0.717) is 32.3 Å². The second kappa shape index (κ2) is 11.7. The molecule has 5 nitrogen and oxygen atoms in total. The lowest BCUT2D eigenvalue weighted by Crippen LogP contribution is -2.37. The van der Waals surface area contributed by atoms with Crippen LogP contribution in [0.1, 0.15) is 34.7 Å². The molecule has 0 radical (unpaired) electrons. The molecule has 0 bridgehead atoms. The molecular weight excluding hydrogens is 501 g/mol. The Labute approximate surface area is 200 Å². The predicted molar refractivity (Wildman–Crippen MR) is 135 cm³/mol. The summed E-state index contributed by atoms with van der Waals surface area (Å²) in [7, 11) is 0. The summed E-state index contributed by atoms with van der Waals surface area (Å²) >= 11 is 0. The van der Waals surface area contributed by atoms with Crippen molar-refractivity contribution in [3.63, 3.8) is 0 Å². The molecule has 0 spiro atoms. The van der Waals surface area contributed by atoms with Gasteiger partial charge >= 0.3 is 0 Å². The van der Waals surface area contributed by atoms with Gasteiger partial charge in [-0.3, -0.25) is 0 Å². The molecule has 0 fully saturated rings. The number of hydrogen-bond acceptors (Lipinski definition) is 3. The maximum atomic E-state index is 6.14. The first-order valence-corrected chi connectivity index (χ1v) is 10.3. The van der Waals surface area contributed by atoms with Crippen LogP contribution in [0.15, 0.2) is 83.9 Å². The normalized spacial score (nSPS) is 15.4. The number of halogens is 1. The van der Waals surface area contributed by atoms with E-state index < -0.39 is 0 Å². The van der Waals surface area contributed by atoms with Crippen LogP contribution in [-0.4, -0.2) is 12.6 Å². The van der Waals surface area contributed by atoms with Gasteiger partial charge in [-0.15, -0.1) is 24.0 Å². The summed E-state index contributed by atoms with van der Waals surface area (Å²) in [5.41, 5.74) is 10.7. The van der Waals surface area contributed by atoms with Gasteiger partial charge in [0, 0.05) is 12.0 Å². The van der Waals surface area contributed by atoms with Crippen LogP contribution in [0.25, 0.3) is 0 Å². The Morgan fingerprint density at radius 3 is 2.32 bits per heavy atom. The van der Waals surface area contributed by atoms with Crippen molar-refractivity contribution in [1.29, 1.82) is 0 Å². The van der Waals surface area contributed by atoms with E-state index in [-0.39, 0.29) is 30.0 Å². The van der Waals surface area contributed by atoms with Crippen molar-refractivity contribution in [2.45, 2.75) is 32.2 Å². The monoisotopic (exact) mass is 529 g/mol. The highest BCUT2D eigenvalue weighted by Crippen LogP contribution is 2.31. The van der Waals surface area contributed by atoms with Crippen LogP contribution in [-0.2, 0) is 24.5 Å². The molecular formula is C25H28IN3O2.